The fourth-order valence-electron chi connectivity index (χ4n) is 8.48. The third-order valence-electron chi connectivity index (χ3n) is 12.7. The maximum atomic E-state index is 14.0. The van der Waals surface area contributed by atoms with E-state index >= 15 is 0 Å². The number of amidine groups is 1. The number of β-amino-alcohol motifs (C(OH)–C–C–N with tert-alkyl or cyclic N) is 1. The number of likely N-dealkylation sites (tertiary alicyclic amines) is 1. The second-order valence-electron chi connectivity index (χ2n) is 19.2. The molecule has 5 rings (SSSR count). The fourth-order valence-corrected chi connectivity index (χ4v) is 9.12. The van der Waals surface area contributed by atoms with Gasteiger partial charge in [-0.1, -0.05) is 37.8 Å². The Labute approximate surface area is 503 Å². The molecule has 0 aromatic heterocycles. The lowest BCUT2D eigenvalue weighted by Gasteiger charge is -2.26. The Hall–Kier alpha value is -6.03. The van der Waals surface area contributed by atoms with Crippen molar-refractivity contribution in [3.05, 3.63) is 94.7 Å². The summed E-state index contributed by atoms with van der Waals surface area (Å²) in [5.41, 5.74) is 11.8. The van der Waals surface area contributed by atoms with Crippen molar-refractivity contribution in [1.29, 1.82) is 0 Å². The summed E-state index contributed by atoms with van der Waals surface area (Å²) in [5, 5.41) is 15.1. The molecule has 2 aliphatic rings. The predicted octanol–water partition coefficient (Wildman–Crippen LogP) is 4.96. The van der Waals surface area contributed by atoms with E-state index in [4.69, 9.17) is 67.5 Å². The van der Waals surface area contributed by atoms with Crippen molar-refractivity contribution in [2.24, 2.45) is 10.7 Å². The molecular formula is C58H79F4N5O19S. The maximum Gasteiger partial charge on any atom is 0.313 e. The lowest BCUT2D eigenvalue weighted by Crippen LogP contribution is -2.46. The Kier molecular flexibility index (Phi) is 32.2. The molecule has 1 fully saturated rings. The molecule has 0 saturated carbocycles. The molecule has 3 aromatic carbocycles. The van der Waals surface area contributed by atoms with Crippen LogP contribution in [0.25, 0.3) is 17.2 Å². The number of hydrogen-bond acceptors (Lipinski definition) is 21. The Morgan fingerprint density at radius 1 is 0.701 bits per heavy atom. The molecule has 0 radical (unpaired) electrons. The van der Waals surface area contributed by atoms with Crippen molar-refractivity contribution in [3.8, 4) is 16.9 Å². The number of nitrogens with two attached hydrogens (primary N) is 1. The van der Waals surface area contributed by atoms with Crippen LogP contribution in [0.5, 0.6) is 5.75 Å². The number of aliphatic hydroxyl groups excluding tert-OH is 1. The first-order chi connectivity index (χ1) is 41.9. The number of aliphatic hydroxyl groups is 1. The van der Waals surface area contributed by atoms with Gasteiger partial charge >= 0.3 is 16.1 Å². The van der Waals surface area contributed by atoms with Gasteiger partial charge in [-0.05, 0) is 54.3 Å². The van der Waals surface area contributed by atoms with E-state index in [9.17, 15) is 45.5 Å². The molecular weight excluding hydrogens is 1180 g/mol. The summed E-state index contributed by atoms with van der Waals surface area (Å²) in [7, 11) is -5.65. The second-order valence-corrected chi connectivity index (χ2v) is 20.5. The van der Waals surface area contributed by atoms with Crippen LogP contribution in [0, 0.1) is 23.3 Å². The number of amides is 2. The molecule has 24 nitrogen and oxygen atoms in total. The molecule has 2 aliphatic heterocycles. The minimum Gasteiger partial charge on any atom is -0.420 e. The molecule has 2 atom stereocenters. The van der Waals surface area contributed by atoms with Crippen LogP contribution in [0.2, 0.25) is 0 Å². The van der Waals surface area contributed by atoms with Crippen LogP contribution in [-0.2, 0) is 71.9 Å². The van der Waals surface area contributed by atoms with Gasteiger partial charge in [0.05, 0.1) is 163 Å². The molecule has 3 aromatic rings. The highest BCUT2D eigenvalue weighted by Crippen LogP contribution is 2.35. The van der Waals surface area contributed by atoms with Crippen molar-refractivity contribution in [3.63, 3.8) is 0 Å². The zero-order valence-corrected chi connectivity index (χ0v) is 49.8. The second kappa shape index (κ2) is 39.1. The number of benzene rings is 3. The minimum absolute atomic E-state index is 0.0121. The summed E-state index contributed by atoms with van der Waals surface area (Å²) in [6.45, 7) is 15.3. The van der Waals surface area contributed by atoms with Crippen molar-refractivity contribution in [2.45, 2.75) is 56.6 Å². The quantitative estimate of drug-likeness (QED) is 0.0111. The molecule has 0 spiro atoms. The highest BCUT2D eigenvalue weighted by molar-refractivity contribution is 7.85. The Balaban J connectivity index is 0.776. The molecule has 0 aliphatic carbocycles. The average Bonchev–Trinajstić information content (AvgIpc) is 1.62. The SMILES string of the molecule is C=C(C1=Cc2ccc(-c3ccc(C(=O)N4C[C@@H](O)C[C@H]4C(=O)NCCOCCOCCOCCOCCOCCOCCOCCOCCOCCOCCC(=O)Oc4c(F)c(F)c(S(=O)(=O)O)c(F)c4F)cc3)cc2N=C(N)C1)N(CCC)OCC. The number of rotatable bonds is 44. The van der Waals surface area contributed by atoms with Crippen LogP contribution < -0.4 is 15.8 Å². The van der Waals surface area contributed by atoms with Gasteiger partial charge in [-0.25, -0.2) is 13.8 Å². The lowest BCUT2D eigenvalue weighted by molar-refractivity contribution is -0.136. The number of carbonyl (C=O) groups is 3. The van der Waals surface area contributed by atoms with Gasteiger partial charge in [-0.3, -0.25) is 28.8 Å². The van der Waals surface area contributed by atoms with Gasteiger partial charge in [-0.15, -0.1) is 0 Å². The maximum absolute atomic E-state index is 14.0. The van der Waals surface area contributed by atoms with Crippen LogP contribution in [0.15, 0.2) is 70.2 Å². The average molecular weight is 1260 g/mol. The van der Waals surface area contributed by atoms with Crippen molar-refractivity contribution >= 4 is 45.5 Å². The van der Waals surface area contributed by atoms with E-state index in [2.05, 4.69) is 23.6 Å². The van der Waals surface area contributed by atoms with Crippen LogP contribution >= 0.6 is 0 Å². The summed E-state index contributed by atoms with van der Waals surface area (Å²) in [6, 6.07) is 12.2. The fraction of sp³-hybridized carbons (Fsp3) is 0.552. The van der Waals surface area contributed by atoms with Gasteiger partial charge in [0.2, 0.25) is 23.3 Å². The molecule has 0 unspecified atom stereocenters. The van der Waals surface area contributed by atoms with E-state index in [1.165, 1.54) is 4.90 Å². The van der Waals surface area contributed by atoms with Gasteiger partial charge in [0, 0.05) is 43.6 Å². The third-order valence-corrected chi connectivity index (χ3v) is 13.6. The molecule has 5 N–H and O–H groups in total. The summed E-state index contributed by atoms with van der Waals surface area (Å²) >= 11 is 0. The van der Waals surface area contributed by atoms with Gasteiger partial charge < -0.3 is 73.2 Å². The van der Waals surface area contributed by atoms with E-state index in [0.717, 1.165) is 34.4 Å². The lowest BCUT2D eigenvalue weighted by atomic mass is 9.99. The normalized spacial score (nSPS) is 15.0. The number of hydroxylamine groups is 2. The molecule has 2 amide bonds. The third kappa shape index (κ3) is 24.5. The van der Waals surface area contributed by atoms with Crippen LogP contribution in [0.1, 0.15) is 55.5 Å². The topological polar surface area (TPSA) is 293 Å². The number of aliphatic imine (C=N–C) groups is 1. The first-order valence-corrected chi connectivity index (χ1v) is 29.8. The summed E-state index contributed by atoms with van der Waals surface area (Å²) in [4.78, 5) is 48.4. The van der Waals surface area contributed by atoms with Crippen LogP contribution in [-0.4, -0.2) is 222 Å². The van der Waals surface area contributed by atoms with Gasteiger partial charge in [-0.2, -0.15) is 17.2 Å². The first kappa shape index (κ1) is 71.7. The van der Waals surface area contributed by atoms with Crippen molar-refractivity contribution in [2.75, 3.05) is 158 Å². The van der Waals surface area contributed by atoms with Crippen molar-refractivity contribution in [1.82, 2.24) is 15.3 Å². The Morgan fingerprint density at radius 3 is 1.64 bits per heavy atom. The largest absolute Gasteiger partial charge is 0.420 e. The van der Waals surface area contributed by atoms with Gasteiger partial charge in [0.25, 0.3) is 5.91 Å². The highest BCUT2D eigenvalue weighted by atomic mass is 32.2. The first-order valence-electron chi connectivity index (χ1n) is 28.4. The predicted molar refractivity (Wildman–Crippen MR) is 307 cm³/mol. The highest BCUT2D eigenvalue weighted by Gasteiger charge is 2.39. The van der Waals surface area contributed by atoms with E-state index < -0.39 is 68.6 Å². The number of nitrogens with one attached hydrogen (secondary N) is 1. The standard InChI is InChI=1S/C58H79F4N5O19S/c1-4-14-67(85-5-2)40(3)45-35-44-11-10-43(36-47(44)65-49(63)37-45)41-6-8-42(9-7-41)58(71)66-39-46(68)38-48(66)57(70)64-13-16-76-18-20-78-22-24-80-26-28-82-30-32-84-34-33-83-31-29-81-27-25-79-23-21-77-19-17-75-15-12-50(69)86-55-51(59)53(61)56(87(72,73)74)54(62)52(55)60/h6-11,35-36,46,48,68H,3-5,12-34,37-39H2,1-2H3,(H2,63,65)(H,64,70)(H,72,73,74)/t46-,48-/m0/s1. The molecule has 87 heavy (non-hydrogen) atoms. The zero-order valence-electron chi connectivity index (χ0n) is 49.0. The summed E-state index contributed by atoms with van der Waals surface area (Å²) in [6.07, 6.45) is 2.05. The number of halogens is 4. The molecule has 1 saturated heterocycles. The number of hydrogen-bond donors (Lipinski definition) is 4. The van der Waals surface area contributed by atoms with Crippen molar-refractivity contribution < 1.29 is 107 Å². The monoisotopic (exact) mass is 1260 g/mol. The van der Waals surface area contributed by atoms with E-state index in [1.54, 1.807) is 17.2 Å². The minimum atomic E-state index is -5.65. The molecule has 2 heterocycles. The smallest absolute Gasteiger partial charge is 0.313 e. The summed E-state index contributed by atoms with van der Waals surface area (Å²) in [5.74, 6) is -13.0. The van der Waals surface area contributed by atoms with E-state index in [0.29, 0.717) is 129 Å². The Bertz CT molecular complexity index is 2800. The number of fused-ring (bicyclic) bond motifs is 1. The zero-order chi connectivity index (χ0) is 63.0. The summed E-state index contributed by atoms with van der Waals surface area (Å²) < 4.78 is 145. The number of carbonyl (C=O) groups excluding carboxylic acids is 3. The van der Waals surface area contributed by atoms with Gasteiger partial charge in [0.1, 0.15) is 11.9 Å². The van der Waals surface area contributed by atoms with Gasteiger partial charge in [0.15, 0.2) is 16.5 Å². The number of ether oxygens (including phenoxy) is 11. The van der Waals surface area contributed by atoms with E-state index in [-0.39, 0.29) is 71.0 Å². The molecule has 484 valence electrons. The van der Waals surface area contributed by atoms with Crippen LogP contribution in [0.4, 0.5) is 23.2 Å². The number of allylic oxidation sites excluding steroid dienone is 1. The number of nitrogens with zero attached hydrogens (tertiary/aromatic N) is 3. The Morgan fingerprint density at radius 2 is 1.17 bits per heavy atom. The van der Waals surface area contributed by atoms with Crippen LogP contribution in [0.3, 0.4) is 0 Å². The molecule has 0 bridgehead atoms. The molecule has 29 heteroatoms. The number of esters is 1. The van der Waals surface area contributed by atoms with E-state index in [1.807, 2.05) is 43.3 Å².